The van der Waals surface area contributed by atoms with E-state index in [1.54, 1.807) is 0 Å². The van der Waals surface area contributed by atoms with Crippen molar-refractivity contribution < 1.29 is 5.21 Å². The van der Waals surface area contributed by atoms with Crippen LogP contribution in [-0.2, 0) is 0 Å². The Bertz CT molecular complexity index is 189. The minimum absolute atomic E-state index is 0.481. The van der Waals surface area contributed by atoms with Crippen molar-refractivity contribution in [3.8, 4) is 0 Å². The zero-order valence-corrected chi connectivity index (χ0v) is 10.0. The lowest BCUT2D eigenvalue weighted by Gasteiger charge is -2.14. The summed E-state index contributed by atoms with van der Waals surface area (Å²) in [5.74, 6) is 0.481. The number of rotatable bonds is 0. The van der Waals surface area contributed by atoms with Crippen molar-refractivity contribution in [2.45, 2.75) is 71.1 Å². The van der Waals surface area contributed by atoms with Crippen molar-refractivity contribution in [2.75, 3.05) is 0 Å². The Morgan fingerprint density at radius 3 is 2.07 bits per heavy atom. The van der Waals surface area contributed by atoms with Crippen molar-refractivity contribution in [3.05, 3.63) is 0 Å². The van der Waals surface area contributed by atoms with Gasteiger partial charge < -0.3 is 5.21 Å². The van der Waals surface area contributed by atoms with Gasteiger partial charge in [-0.25, -0.2) is 0 Å². The minimum Gasteiger partial charge on any atom is -0.411 e. The molecule has 0 aromatic carbocycles. The van der Waals surface area contributed by atoms with Gasteiger partial charge in [-0.05, 0) is 25.2 Å². The van der Waals surface area contributed by atoms with Crippen LogP contribution in [0.4, 0.5) is 0 Å². The second-order valence-electron chi connectivity index (χ2n) is 4.86. The van der Waals surface area contributed by atoms with Crippen LogP contribution in [0.5, 0.6) is 0 Å². The van der Waals surface area contributed by atoms with E-state index in [-0.39, 0.29) is 0 Å². The van der Waals surface area contributed by atoms with Crippen LogP contribution in [0.2, 0.25) is 0 Å². The maximum absolute atomic E-state index is 8.95. The monoisotopic (exact) mass is 211 g/mol. The first-order valence-electron chi connectivity index (χ1n) is 6.55. The molecule has 2 heteroatoms. The highest BCUT2D eigenvalue weighted by Crippen LogP contribution is 2.19. The Balaban J connectivity index is 2.38. The highest BCUT2D eigenvalue weighted by Gasteiger charge is 2.11. The lowest BCUT2D eigenvalue weighted by atomic mass is 9.93. The van der Waals surface area contributed by atoms with E-state index in [0.29, 0.717) is 5.92 Å². The second-order valence-corrected chi connectivity index (χ2v) is 4.86. The Morgan fingerprint density at radius 2 is 1.47 bits per heavy atom. The highest BCUT2D eigenvalue weighted by molar-refractivity contribution is 5.85. The van der Waals surface area contributed by atoms with Crippen LogP contribution in [0.25, 0.3) is 0 Å². The molecule has 88 valence electrons. The summed E-state index contributed by atoms with van der Waals surface area (Å²) >= 11 is 0. The molecule has 0 radical (unpaired) electrons. The Morgan fingerprint density at radius 1 is 0.933 bits per heavy atom. The molecular formula is C13H25NO. The van der Waals surface area contributed by atoms with Crippen molar-refractivity contribution in [1.29, 1.82) is 0 Å². The van der Waals surface area contributed by atoms with E-state index in [0.717, 1.165) is 12.1 Å². The first kappa shape index (κ1) is 12.5. The van der Waals surface area contributed by atoms with Crippen LogP contribution < -0.4 is 0 Å². The lowest BCUT2D eigenvalue weighted by molar-refractivity contribution is 0.312. The van der Waals surface area contributed by atoms with Crippen LogP contribution in [-0.4, -0.2) is 10.9 Å². The predicted molar refractivity (Wildman–Crippen MR) is 64.6 cm³/mol. The van der Waals surface area contributed by atoms with Gasteiger partial charge in [-0.1, -0.05) is 57.0 Å². The second kappa shape index (κ2) is 7.72. The average molecular weight is 211 g/mol. The molecule has 0 aliphatic heterocycles. The molecule has 1 N–H and O–H groups in total. The molecule has 2 nitrogen and oxygen atoms in total. The van der Waals surface area contributed by atoms with Crippen molar-refractivity contribution in [1.82, 2.24) is 0 Å². The van der Waals surface area contributed by atoms with Gasteiger partial charge in [-0.3, -0.25) is 0 Å². The van der Waals surface area contributed by atoms with Crippen LogP contribution in [0.3, 0.4) is 0 Å². The summed E-state index contributed by atoms with van der Waals surface area (Å²) in [5, 5.41) is 12.4. The quantitative estimate of drug-likeness (QED) is 0.468. The van der Waals surface area contributed by atoms with Crippen LogP contribution in [0.1, 0.15) is 71.1 Å². The van der Waals surface area contributed by atoms with E-state index in [1.165, 1.54) is 57.8 Å². The van der Waals surface area contributed by atoms with E-state index >= 15 is 0 Å². The molecule has 1 unspecified atom stereocenters. The van der Waals surface area contributed by atoms with Gasteiger partial charge in [-0.15, -0.1) is 0 Å². The molecule has 0 spiro atoms. The van der Waals surface area contributed by atoms with Gasteiger partial charge in [0, 0.05) is 0 Å². The maximum atomic E-state index is 8.95. The van der Waals surface area contributed by atoms with E-state index in [1.807, 2.05) is 0 Å². The number of oxime groups is 1. The topological polar surface area (TPSA) is 32.6 Å². The van der Waals surface area contributed by atoms with E-state index in [4.69, 9.17) is 5.21 Å². The molecular weight excluding hydrogens is 186 g/mol. The summed E-state index contributed by atoms with van der Waals surface area (Å²) in [6.07, 6.45) is 12.9. The summed E-state index contributed by atoms with van der Waals surface area (Å²) < 4.78 is 0. The summed E-state index contributed by atoms with van der Waals surface area (Å²) in [6, 6.07) is 0. The summed E-state index contributed by atoms with van der Waals surface area (Å²) in [6.45, 7) is 2.20. The van der Waals surface area contributed by atoms with Crippen molar-refractivity contribution in [3.63, 3.8) is 0 Å². The summed E-state index contributed by atoms with van der Waals surface area (Å²) in [5.41, 5.74) is 1.02. The van der Waals surface area contributed by atoms with Crippen LogP contribution >= 0.6 is 0 Å². The van der Waals surface area contributed by atoms with E-state index in [9.17, 15) is 0 Å². The van der Waals surface area contributed by atoms with Crippen LogP contribution in [0, 0.1) is 5.92 Å². The van der Waals surface area contributed by atoms with Gasteiger partial charge in [0.25, 0.3) is 0 Å². The molecule has 1 fully saturated rings. The highest BCUT2D eigenvalue weighted by atomic mass is 16.4. The molecule has 1 atom stereocenters. The van der Waals surface area contributed by atoms with Crippen LogP contribution in [0.15, 0.2) is 5.16 Å². The SMILES string of the molecule is CC1CCCCCCCCCC/C1=N/O. The summed E-state index contributed by atoms with van der Waals surface area (Å²) in [7, 11) is 0. The smallest absolute Gasteiger partial charge is 0.0598 e. The number of hydrogen-bond donors (Lipinski definition) is 1. The molecule has 0 amide bonds. The van der Waals surface area contributed by atoms with Gasteiger partial charge in [0.1, 0.15) is 0 Å². The molecule has 1 aliphatic rings. The first-order chi connectivity index (χ1) is 7.34. The fraction of sp³-hybridized carbons (Fsp3) is 0.923. The molecule has 1 saturated carbocycles. The molecule has 0 saturated heterocycles. The third kappa shape index (κ3) is 5.19. The van der Waals surface area contributed by atoms with Gasteiger partial charge in [0.15, 0.2) is 0 Å². The van der Waals surface area contributed by atoms with Gasteiger partial charge in [-0.2, -0.15) is 0 Å². The molecule has 0 aromatic rings. The molecule has 15 heavy (non-hydrogen) atoms. The third-order valence-electron chi connectivity index (χ3n) is 3.52. The van der Waals surface area contributed by atoms with Gasteiger partial charge >= 0.3 is 0 Å². The fourth-order valence-electron chi connectivity index (χ4n) is 2.38. The van der Waals surface area contributed by atoms with Gasteiger partial charge in [0.05, 0.1) is 5.71 Å². The Labute approximate surface area is 93.8 Å². The zero-order chi connectivity index (χ0) is 10.9. The minimum atomic E-state index is 0.481. The fourth-order valence-corrected chi connectivity index (χ4v) is 2.38. The predicted octanol–water partition coefficient (Wildman–Crippen LogP) is 4.37. The maximum Gasteiger partial charge on any atom is 0.0598 e. The third-order valence-corrected chi connectivity index (χ3v) is 3.52. The first-order valence-corrected chi connectivity index (χ1v) is 6.55. The average Bonchev–Trinajstić information content (AvgIpc) is 2.23. The summed E-state index contributed by atoms with van der Waals surface area (Å²) in [4.78, 5) is 0. The molecule has 0 bridgehead atoms. The van der Waals surface area contributed by atoms with E-state index < -0.39 is 0 Å². The number of nitrogens with zero attached hydrogens (tertiary/aromatic N) is 1. The van der Waals surface area contributed by atoms with Gasteiger partial charge in [0.2, 0.25) is 0 Å². The Kier molecular flexibility index (Phi) is 6.45. The Hall–Kier alpha value is -0.530. The van der Waals surface area contributed by atoms with E-state index in [2.05, 4.69) is 12.1 Å². The van der Waals surface area contributed by atoms with Crippen molar-refractivity contribution in [2.24, 2.45) is 11.1 Å². The lowest BCUT2D eigenvalue weighted by Crippen LogP contribution is -2.11. The zero-order valence-electron chi connectivity index (χ0n) is 10.0. The van der Waals surface area contributed by atoms with Crippen molar-refractivity contribution >= 4 is 5.71 Å². The largest absolute Gasteiger partial charge is 0.411 e. The normalized spacial score (nSPS) is 29.4. The molecule has 0 aromatic heterocycles. The molecule has 1 aliphatic carbocycles. The molecule has 1 rings (SSSR count). The molecule has 0 heterocycles. The number of hydrogen-bond acceptors (Lipinski definition) is 2. The standard InChI is InChI=1S/C13H25NO/c1-12-10-8-6-4-2-3-5-7-9-11-13(12)14-15/h12,15H,2-11H2,1H3/b14-13-.